The average molecular weight is 291 g/mol. The van der Waals surface area contributed by atoms with Gasteiger partial charge in [0.15, 0.2) is 0 Å². The van der Waals surface area contributed by atoms with E-state index in [4.69, 9.17) is 16.3 Å². The van der Waals surface area contributed by atoms with E-state index in [9.17, 15) is 5.11 Å². The summed E-state index contributed by atoms with van der Waals surface area (Å²) >= 11 is 5.93. The third-order valence-corrected chi connectivity index (χ3v) is 3.69. The summed E-state index contributed by atoms with van der Waals surface area (Å²) in [5.74, 6) is 0.850. The Morgan fingerprint density at radius 1 is 1.15 bits per heavy atom. The molecule has 2 rings (SSSR count). The van der Waals surface area contributed by atoms with Crippen LogP contribution in [0.2, 0.25) is 5.02 Å². The highest BCUT2D eigenvalue weighted by Crippen LogP contribution is 2.25. The Morgan fingerprint density at radius 3 is 2.45 bits per heavy atom. The quantitative estimate of drug-likeness (QED) is 0.888. The fourth-order valence-corrected chi connectivity index (χ4v) is 2.49. The van der Waals surface area contributed by atoms with Gasteiger partial charge in [-0.25, -0.2) is 0 Å². The van der Waals surface area contributed by atoms with Crippen molar-refractivity contribution < 1.29 is 9.84 Å². The maximum Gasteiger partial charge on any atom is 0.118 e. The lowest BCUT2D eigenvalue weighted by atomic mass is 9.98. The zero-order valence-corrected chi connectivity index (χ0v) is 12.5. The van der Waals surface area contributed by atoms with Gasteiger partial charge in [0.05, 0.1) is 13.2 Å². The van der Waals surface area contributed by atoms with Gasteiger partial charge in [-0.15, -0.1) is 0 Å². The molecule has 0 aliphatic heterocycles. The van der Waals surface area contributed by atoms with E-state index in [0.717, 1.165) is 23.3 Å². The topological polar surface area (TPSA) is 29.5 Å². The minimum absolute atomic E-state index is 0.464. The summed E-state index contributed by atoms with van der Waals surface area (Å²) in [6, 6.07) is 13.5. The molecule has 2 aromatic rings. The predicted octanol–water partition coefficient (Wildman–Crippen LogP) is 4.32. The van der Waals surface area contributed by atoms with Crippen LogP contribution in [0.4, 0.5) is 0 Å². The Labute approximate surface area is 125 Å². The van der Waals surface area contributed by atoms with Crippen LogP contribution < -0.4 is 4.74 Å². The molecule has 0 fully saturated rings. The van der Waals surface area contributed by atoms with Crippen molar-refractivity contribution in [1.29, 1.82) is 0 Å². The Balaban J connectivity index is 1.98. The molecule has 0 radical (unpaired) electrons. The summed E-state index contributed by atoms with van der Waals surface area (Å²) in [6.07, 6.45) is 1.05. The van der Waals surface area contributed by atoms with Gasteiger partial charge in [-0.05, 0) is 60.7 Å². The first-order chi connectivity index (χ1) is 9.60. The largest absolute Gasteiger partial charge is 0.497 e. The van der Waals surface area contributed by atoms with Crippen molar-refractivity contribution in [1.82, 2.24) is 0 Å². The fourth-order valence-electron chi connectivity index (χ4n) is 2.26. The van der Waals surface area contributed by atoms with Crippen LogP contribution in [0.25, 0.3) is 0 Å². The van der Waals surface area contributed by atoms with Crippen LogP contribution in [-0.2, 0) is 6.42 Å². The third kappa shape index (κ3) is 3.75. The van der Waals surface area contributed by atoms with Crippen molar-refractivity contribution in [2.45, 2.75) is 25.9 Å². The second kappa shape index (κ2) is 6.78. The van der Waals surface area contributed by atoms with Crippen LogP contribution >= 0.6 is 11.6 Å². The molecule has 20 heavy (non-hydrogen) atoms. The number of aliphatic hydroxyl groups excluding tert-OH is 1. The lowest BCUT2D eigenvalue weighted by molar-refractivity contribution is 0.167. The van der Waals surface area contributed by atoms with E-state index in [1.807, 2.05) is 49.4 Å². The van der Waals surface area contributed by atoms with Crippen molar-refractivity contribution in [3.63, 3.8) is 0 Å². The Kier molecular flexibility index (Phi) is 5.05. The van der Waals surface area contributed by atoms with E-state index in [0.29, 0.717) is 11.4 Å². The van der Waals surface area contributed by atoms with Crippen molar-refractivity contribution in [2.24, 2.45) is 0 Å². The zero-order chi connectivity index (χ0) is 14.5. The van der Waals surface area contributed by atoms with Gasteiger partial charge in [-0.1, -0.05) is 29.8 Å². The second-order valence-corrected chi connectivity index (χ2v) is 5.34. The number of halogens is 1. The number of aliphatic hydroxyl groups is 1. The maximum absolute atomic E-state index is 10.3. The summed E-state index contributed by atoms with van der Waals surface area (Å²) in [7, 11) is 1.65. The van der Waals surface area contributed by atoms with E-state index in [1.54, 1.807) is 7.11 Å². The summed E-state index contributed by atoms with van der Waals surface area (Å²) in [4.78, 5) is 0. The zero-order valence-electron chi connectivity index (χ0n) is 11.8. The number of benzene rings is 2. The molecule has 0 heterocycles. The van der Waals surface area contributed by atoms with Gasteiger partial charge < -0.3 is 9.84 Å². The van der Waals surface area contributed by atoms with Crippen molar-refractivity contribution in [3.8, 4) is 5.75 Å². The summed E-state index contributed by atoms with van der Waals surface area (Å²) in [5.41, 5.74) is 3.17. The van der Waals surface area contributed by atoms with Crippen molar-refractivity contribution >= 4 is 11.6 Å². The molecular weight excluding hydrogens is 272 g/mol. The molecule has 0 aliphatic rings. The molecule has 0 amide bonds. The van der Waals surface area contributed by atoms with E-state index in [-0.39, 0.29) is 0 Å². The third-order valence-electron chi connectivity index (χ3n) is 3.46. The Morgan fingerprint density at radius 2 is 1.85 bits per heavy atom. The first kappa shape index (κ1) is 14.9. The molecule has 1 atom stereocenters. The highest BCUT2D eigenvalue weighted by atomic mass is 35.5. The second-order valence-electron chi connectivity index (χ2n) is 4.90. The molecular formula is C17H19ClO2. The summed E-state index contributed by atoms with van der Waals surface area (Å²) in [6.45, 7) is 1.97. The molecule has 0 bridgehead atoms. The highest BCUT2D eigenvalue weighted by molar-refractivity contribution is 6.30. The number of hydrogen-bond acceptors (Lipinski definition) is 2. The van der Waals surface area contributed by atoms with E-state index < -0.39 is 6.10 Å². The van der Waals surface area contributed by atoms with Crippen molar-refractivity contribution in [2.75, 3.05) is 7.11 Å². The molecule has 3 heteroatoms. The molecule has 2 nitrogen and oxygen atoms in total. The van der Waals surface area contributed by atoms with E-state index >= 15 is 0 Å². The normalized spacial score (nSPS) is 12.2. The smallest absolute Gasteiger partial charge is 0.118 e. The first-order valence-corrected chi connectivity index (χ1v) is 7.05. The SMILES string of the molecule is COc1ccc(CCC(O)c2ccc(Cl)cc2C)cc1. The number of methoxy groups -OCH3 is 1. The molecule has 2 aromatic carbocycles. The van der Waals surface area contributed by atoms with Gasteiger partial charge in [-0.3, -0.25) is 0 Å². The van der Waals surface area contributed by atoms with Crippen LogP contribution in [0, 0.1) is 6.92 Å². The van der Waals surface area contributed by atoms with Crippen LogP contribution in [0.15, 0.2) is 42.5 Å². The highest BCUT2D eigenvalue weighted by Gasteiger charge is 2.10. The minimum atomic E-state index is -0.464. The molecule has 106 valence electrons. The fraction of sp³-hybridized carbons (Fsp3) is 0.294. The Bertz CT molecular complexity index is 564. The van der Waals surface area contributed by atoms with Gasteiger partial charge >= 0.3 is 0 Å². The molecule has 1 unspecified atom stereocenters. The molecule has 1 N–H and O–H groups in total. The molecule has 0 saturated carbocycles. The maximum atomic E-state index is 10.3. The molecule has 0 saturated heterocycles. The van der Waals surface area contributed by atoms with Crippen LogP contribution in [0.3, 0.4) is 0 Å². The van der Waals surface area contributed by atoms with Gasteiger partial charge in [-0.2, -0.15) is 0 Å². The monoisotopic (exact) mass is 290 g/mol. The average Bonchev–Trinajstić information content (AvgIpc) is 2.45. The van der Waals surface area contributed by atoms with Gasteiger partial charge in [0.25, 0.3) is 0 Å². The molecule has 0 aliphatic carbocycles. The number of aryl methyl sites for hydroxylation is 2. The number of hydrogen-bond donors (Lipinski definition) is 1. The lowest BCUT2D eigenvalue weighted by Gasteiger charge is -2.14. The van der Waals surface area contributed by atoms with Gasteiger partial charge in [0.2, 0.25) is 0 Å². The van der Waals surface area contributed by atoms with E-state index in [1.165, 1.54) is 5.56 Å². The van der Waals surface area contributed by atoms with Crippen LogP contribution in [0.1, 0.15) is 29.2 Å². The predicted molar refractivity (Wildman–Crippen MR) is 82.5 cm³/mol. The minimum Gasteiger partial charge on any atom is -0.497 e. The molecule has 0 aromatic heterocycles. The first-order valence-electron chi connectivity index (χ1n) is 6.67. The van der Waals surface area contributed by atoms with Gasteiger partial charge in [0.1, 0.15) is 5.75 Å². The summed E-state index contributed by atoms with van der Waals surface area (Å²) < 4.78 is 5.13. The van der Waals surface area contributed by atoms with Gasteiger partial charge in [0, 0.05) is 5.02 Å². The summed E-state index contributed by atoms with van der Waals surface area (Å²) in [5, 5.41) is 11.0. The Hall–Kier alpha value is -1.51. The van der Waals surface area contributed by atoms with E-state index in [2.05, 4.69) is 0 Å². The van der Waals surface area contributed by atoms with Crippen LogP contribution in [-0.4, -0.2) is 12.2 Å². The van der Waals surface area contributed by atoms with Crippen molar-refractivity contribution in [3.05, 3.63) is 64.2 Å². The molecule has 0 spiro atoms. The number of rotatable bonds is 5. The van der Waals surface area contributed by atoms with Crippen LogP contribution in [0.5, 0.6) is 5.75 Å². The lowest BCUT2D eigenvalue weighted by Crippen LogP contribution is -2.02. The standard InChI is InChI=1S/C17H19ClO2/c1-12-11-14(18)6-9-16(12)17(19)10-5-13-3-7-15(20-2)8-4-13/h3-4,6-9,11,17,19H,5,10H2,1-2H3. The number of ether oxygens (including phenoxy) is 1.